The van der Waals surface area contributed by atoms with E-state index in [-0.39, 0.29) is 5.41 Å². The van der Waals surface area contributed by atoms with Gasteiger partial charge in [0.1, 0.15) is 5.78 Å². The van der Waals surface area contributed by atoms with E-state index in [4.69, 9.17) is 4.74 Å². The van der Waals surface area contributed by atoms with Gasteiger partial charge < -0.3 is 9.84 Å². The number of Topliss-reactive ketones (excluding diaryl/α,β-unsaturated/α-hetero) is 2. The Balaban J connectivity index is 1.52. The first-order valence-corrected chi connectivity index (χ1v) is 11.8. The molecule has 4 aliphatic carbocycles. The topological polar surface area (TPSA) is 80.7 Å². The van der Waals surface area contributed by atoms with Gasteiger partial charge in [0.05, 0.1) is 5.41 Å². The summed E-state index contributed by atoms with van der Waals surface area (Å²) in [6.45, 7) is 9.56. The van der Waals surface area contributed by atoms with Crippen LogP contribution in [-0.2, 0) is 19.1 Å². The van der Waals surface area contributed by atoms with Crippen molar-refractivity contribution >= 4 is 17.5 Å². The van der Waals surface area contributed by atoms with E-state index in [1.54, 1.807) is 20.8 Å². The molecule has 5 nitrogen and oxygen atoms in total. The van der Waals surface area contributed by atoms with Gasteiger partial charge in [0.15, 0.2) is 0 Å². The Kier molecular flexibility index (Phi) is 5.36. The van der Waals surface area contributed by atoms with Crippen LogP contribution in [0.2, 0.25) is 0 Å². The molecule has 2 unspecified atom stereocenters. The third kappa shape index (κ3) is 3.53. The lowest BCUT2D eigenvalue weighted by molar-refractivity contribution is -0.181. The summed E-state index contributed by atoms with van der Waals surface area (Å²) in [6, 6.07) is 0. The molecule has 0 heterocycles. The van der Waals surface area contributed by atoms with Gasteiger partial charge in [-0.1, -0.05) is 31.6 Å². The van der Waals surface area contributed by atoms with Crippen LogP contribution in [0.4, 0.5) is 0 Å². The smallest absolute Gasteiger partial charge is 0.313 e. The summed E-state index contributed by atoms with van der Waals surface area (Å²) in [4.78, 5) is 37.3. The molecule has 6 atom stereocenters. The van der Waals surface area contributed by atoms with E-state index in [2.05, 4.69) is 19.9 Å². The van der Waals surface area contributed by atoms with Gasteiger partial charge in [-0.05, 0) is 76.0 Å². The minimum atomic E-state index is -1.77. The van der Waals surface area contributed by atoms with Crippen LogP contribution in [0, 0.1) is 34.0 Å². The highest BCUT2D eigenvalue weighted by Crippen LogP contribution is 2.64. The van der Waals surface area contributed by atoms with Crippen LogP contribution in [0.25, 0.3) is 0 Å². The summed E-state index contributed by atoms with van der Waals surface area (Å²) in [6.07, 6.45) is 8.52. The lowest BCUT2D eigenvalue weighted by atomic mass is 9.46. The largest absolute Gasteiger partial charge is 0.427 e. The number of carbonyl (C=O) groups excluding carboxylic acids is 3. The Morgan fingerprint density at radius 2 is 1.84 bits per heavy atom. The Hall–Kier alpha value is -1.75. The molecule has 170 valence electrons. The minimum Gasteiger partial charge on any atom is -0.427 e. The van der Waals surface area contributed by atoms with Crippen LogP contribution >= 0.6 is 0 Å². The second kappa shape index (κ2) is 7.40. The van der Waals surface area contributed by atoms with E-state index in [0.717, 1.165) is 38.5 Å². The van der Waals surface area contributed by atoms with Crippen LogP contribution in [0.3, 0.4) is 0 Å². The Morgan fingerprint density at radius 1 is 1.13 bits per heavy atom. The Bertz CT molecular complexity index is 875. The maximum absolute atomic E-state index is 13.1. The third-order valence-electron chi connectivity index (χ3n) is 8.84. The van der Waals surface area contributed by atoms with E-state index in [1.165, 1.54) is 5.57 Å². The third-order valence-corrected chi connectivity index (χ3v) is 8.84. The monoisotopic (exact) mass is 428 g/mol. The van der Waals surface area contributed by atoms with E-state index in [1.807, 2.05) is 6.08 Å². The van der Waals surface area contributed by atoms with Crippen molar-refractivity contribution in [2.45, 2.75) is 85.9 Å². The summed E-state index contributed by atoms with van der Waals surface area (Å²) in [5.41, 5.74) is 0.833. The molecule has 0 radical (unpaired) electrons. The first-order valence-electron chi connectivity index (χ1n) is 11.8. The second-order valence-corrected chi connectivity index (χ2v) is 11.7. The van der Waals surface area contributed by atoms with Crippen molar-refractivity contribution in [1.29, 1.82) is 0 Å². The molecular formula is C26H36O5. The standard InChI is InChI=1S/C26H36O5/c1-24(2,3)23(30)31-22(29)21(28)20-9-8-18-17-7-6-15-14-16(27)10-12-25(15,4)19(17)11-13-26(18,20)5/h8-9,15,17,19,22,29H,6-7,10-14H2,1-5H3/t15?,17-,19-,22?,25-,26-/m0/s1. The van der Waals surface area contributed by atoms with E-state index >= 15 is 0 Å². The van der Waals surface area contributed by atoms with Gasteiger partial charge in [-0.15, -0.1) is 0 Å². The maximum atomic E-state index is 13.1. The van der Waals surface area contributed by atoms with Crippen molar-refractivity contribution in [1.82, 2.24) is 0 Å². The SMILES string of the molecule is CC(C)(C)C(=O)OC(O)C(=O)C1=CC=C2[C@@H]3CCC4CC(=O)CC[C@]4(C)[C@H]3CC[C@]12C. The number of ketones is 2. The average molecular weight is 429 g/mol. The number of fused-ring (bicyclic) bond motifs is 5. The van der Waals surface area contributed by atoms with Crippen LogP contribution in [0.5, 0.6) is 0 Å². The fraction of sp³-hybridized carbons (Fsp3) is 0.731. The molecule has 31 heavy (non-hydrogen) atoms. The first-order chi connectivity index (χ1) is 14.4. The lowest BCUT2D eigenvalue weighted by Crippen LogP contribution is -2.51. The van der Waals surface area contributed by atoms with E-state index in [9.17, 15) is 19.5 Å². The zero-order valence-electron chi connectivity index (χ0n) is 19.5. The quantitative estimate of drug-likeness (QED) is 0.528. The highest BCUT2D eigenvalue weighted by Gasteiger charge is 2.57. The molecule has 0 aromatic heterocycles. The van der Waals surface area contributed by atoms with Crippen LogP contribution in [0.15, 0.2) is 23.3 Å². The summed E-state index contributed by atoms with van der Waals surface area (Å²) in [5.74, 6) is 0.735. The molecule has 0 bridgehead atoms. The van der Waals surface area contributed by atoms with Crippen molar-refractivity contribution in [3.05, 3.63) is 23.3 Å². The predicted molar refractivity (Wildman–Crippen MR) is 117 cm³/mol. The van der Waals surface area contributed by atoms with Crippen molar-refractivity contribution in [3.63, 3.8) is 0 Å². The summed E-state index contributed by atoms with van der Waals surface area (Å²) in [7, 11) is 0. The number of hydrogen-bond acceptors (Lipinski definition) is 5. The van der Waals surface area contributed by atoms with Gasteiger partial charge in [0.2, 0.25) is 5.78 Å². The lowest BCUT2D eigenvalue weighted by Gasteiger charge is -2.58. The average Bonchev–Trinajstić information content (AvgIpc) is 3.04. The highest BCUT2D eigenvalue weighted by molar-refractivity contribution is 6.01. The minimum absolute atomic E-state index is 0.188. The van der Waals surface area contributed by atoms with Crippen molar-refractivity contribution in [2.24, 2.45) is 34.0 Å². The molecule has 1 N–H and O–H groups in total. The van der Waals surface area contributed by atoms with Crippen molar-refractivity contribution in [2.75, 3.05) is 0 Å². The molecule has 0 aromatic carbocycles. The van der Waals surface area contributed by atoms with Gasteiger partial charge in [0, 0.05) is 23.8 Å². The molecule has 0 spiro atoms. The molecular weight excluding hydrogens is 392 g/mol. The zero-order chi connectivity index (χ0) is 22.8. The zero-order valence-corrected chi connectivity index (χ0v) is 19.5. The molecule has 5 heteroatoms. The van der Waals surface area contributed by atoms with Crippen LogP contribution in [-0.4, -0.2) is 28.9 Å². The summed E-state index contributed by atoms with van der Waals surface area (Å²) >= 11 is 0. The van der Waals surface area contributed by atoms with Gasteiger partial charge >= 0.3 is 5.97 Å². The number of aliphatic hydroxyl groups is 1. The number of esters is 1. The fourth-order valence-electron chi connectivity index (χ4n) is 6.86. The van der Waals surface area contributed by atoms with Crippen molar-refractivity contribution in [3.8, 4) is 0 Å². The molecule has 0 saturated heterocycles. The summed E-state index contributed by atoms with van der Waals surface area (Å²) in [5, 5.41) is 10.4. The number of hydrogen-bond donors (Lipinski definition) is 1. The van der Waals surface area contributed by atoms with Gasteiger partial charge in [0.25, 0.3) is 6.29 Å². The number of ether oxygens (including phenoxy) is 1. The first kappa shape index (κ1) is 22.4. The number of rotatable bonds is 3. The molecule has 0 aliphatic heterocycles. The predicted octanol–water partition coefficient (Wildman–Crippen LogP) is 4.53. The molecule has 3 fully saturated rings. The van der Waals surface area contributed by atoms with Gasteiger partial charge in [-0.2, -0.15) is 0 Å². The van der Waals surface area contributed by atoms with Gasteiger partial charge in [-0.25, -0.2) is 0 Å². The molecule has 0 aromatic rings. The summed E-state index contributed by atoms with van der Waals surface area (Å²) < 4.78 is 5.09. The number of aliphatic hydroxyl groups excluding tert-OH is 1. The van der Waals surface area contributed by atoms with Crippen molar-refractivity contribution < 1.29 is 24.2 Å². The Morgan fingerprint density at radius 3 is 2.52 bits per heavy atom. The molecule has 3 saturated carbocycles. The molecule has 4 aliphatic rings. The number of carbonyl (C=O) groups is 3. The Labute approximate surface area is 185 Å². The van der Waals surface area contributed by atoms with E-state index < -0.39 is 28.9 Å². The normalized spacial score (nSPS) is 38.3. The fourth-order valence-corrected chi connectivity index (χ4v) is 6.86. The molecule has 4 rings (SSSR count). The number of allylic oxidation sites excluding steroid dienone is 3. The van der Waals surface area contributed by atoms with Crippen LogP contribution in [0.1, 0.15) is 79.6 Å². The second-order valence-electron chi connectivity index (χ2n) is 11.7. The highest BCUT2D eigenvalue weighted by atomic mass is 16.6. The van der Waals surface area contributed by atoms with Crippen LogP contribution < -0.4 is 0 Å². The van der Waals surface area contributed by atoms with Gasteiger partial charge in [-0.3, -0.25) is 14.4 Å². The molecule has 0 amide bonds. The van der Waals surface area contributed by atoms with E-state index in [0.29, 0.717) is 35.5 Å². The maximum Gasteiger partial charge on any atom is 0.313 e.